The maximum Gasteiger partial charge on any atom is 0.208 e. The first-order valence-electron chi connectivity index (χ1n) is 8.58. The fraction of sp³-hybridized carbons (Fsp3) is 0.250. The number of hydrogen-bond acceptors (Lipinski definition) is 7. The quantitative estimate of drug-likeness (QED) is 0.434. The number of Topliss-reactive ketones (excluding diaryl/α,β-unsaturated/α-hetero) is 1. The number of aryl methyl sites for hydroxylation is 1. The highest BCUT2D eigenvalue weighted by atomic mass is 32.2. The topological polar surface area (TPSA) is 86.3 Å². The highest BCUT2D eigenvalue weighted by Crippen LogP contribution is 2.26. The number of hydrogen-bond donors (Lipinski definition) is 1. The molecule has 3 aromatic rings. The number of nitrogens with one attached hydrogen (secondary N) is 1. The van der Waals surface area contributed by atoms with Gasteiger partial charge in [-0.25, -0.2) is 4.98 Å². The van der Waals surface area contributed by atoms with E-state index in [1.54, 1.807) is 25.3 Å². The maximum atomic E-state index is 12.6. The molecule has 1 heterocycles. The molecule has 0 spiro atoms. The summed E-state index contributed by atoms with van der Waals surface area (Å²) in [6, 6.07) is 12.9. The Hall–Kier alpha value is -3.00. The van der Waals surface area contributed by atoms with Crippen LogP contribution in [-0.2, 0) is 6.61 Å². The summed E-state index contributed by atoms with van der Waals surface area (Å²) in [6.07, 6.45) is 0. The molecule has 2 aromatic carbocycles. The molecule has 1 N–H and O–H groups in total. The van der Waals surface area contributed by atoms with Crippen molar-refractivity contribution in [3.8, 4) is 17.2 Å². The average molecular weight is 399 g/mol. The van der Waals surface area contributed by atoms with Crippen molar-refractivity contribution in [2.75, 3.05) is 20.0 Å². The molecule has 3 rings (SSSR count). The molecule has 0 saturated carbocycles. The van der Waals surface area contributed by atoms with E-state index in [4.69, 9.17) is 14.2 Å². The van der Waals surface area contributed by atoms with E-state index in [0.29, 0.717) is 28.0 Å². The van der Waals surface area contributed by atoms with Gasteiger partial charge in [0.25, 0.3) is 0 Å². The Bertz CT molecular complexity index is 958. The lowest BCUT2D eigenvalue weighted by Crippen LogP contribution is -2.05. The standard InChI is InChI=1S/C20H21N3O4S/c1-13-6-4-5-7-17(13)27-11-19-21-20(23-22-19)28-12-16(24)15-10-14(25-2)8-9-18(15)26-3/h4-10H,11-12H2,1-3H3,(H,21,22,23). The van der Waals surface area contributed by atoms with Gasteiger partial charge in [-0.3, -0.25) is 9.89 Å². The van der Waals surface area contributed by atoms with E-state index in [1.165, 1.54) is 18.9 Å². The van der Waals surface area contributed by atoms with Crippen LogP contribution in [0.25, 0.3) is 0 Å². The molecule has 7 nitrogen and oxygen atoms in total. The number of methoxy groups -OCH3 is 2. The van der Waals surface area contributed by atoms with Gasteiger partial charge in [0, 0.05) is 0 Å². The Kier molecular flexibility index (Phi) is 6.54. The summed E-state index contributed by atoms with van der Waals surface area (Å²) in [7, 11) is 3.08. The minimum absolute atomic E-state index is 0.0942. The van der Waals surface area contributed by atoms with Crippen LogP contribution < -0.4 is 14.2 Å². The highest BCUT2D eigenvalue weighted by Gasteiger charge is 2.15. The number of aromatic amines is 1. The molecule has 0 aliphatic rings. The number of ketones is 1. The second kappa shape index (κ2) is 9.27. The van der Waals surface area contributed by atoms with Crippen LogP contribution in [0.3, 0.4) is 0 Å². The number of aromatic nitrogens is 3. The van der Waals surface area contributed by atoms with Gasteiger partial charge in [-0.1, -0.05) is 30.0 Å². The highest BCUT2D eigenvalue weighted by molar-refractivity contribution is 7.99. The van der Waals surface area contributed by atoms with Crippen molar-refractivity contribution in [1.29, 1.82) is 0 Å². The molecule has 0 radical (unpaired) electrons. The lowest BCUT2D eigenvalue weighted by Gasteiger charge is -2.09. The summed E-state index contributed by atoms with van der Waals surface area (Å²) < 4.78 is 16.2. The Morgan fingerprint density at radius 2 is 1.93 bits per heavy atom. The van der Waals surface area contributed by atoms with E-state index < -0.39 is 0 Å². The second-order valence-electron chi connectivity index (χ2n) is 5.90. The van der Waals surface area contributed by atoms with Crippen LogP contribution in [0.2, 0.25) is 0 Å². The zero-order valence-electron chi connectivity index (χ0n) is 15.9. The molecule has 146 valence electrons. The first-order chi connectivity index (χ1) is 13.6. The monoisotopic (exact) mass is 399 g/mol. The molecule has 0 saturated heterocycles. The summed E-state index contributed by atoms with van der Waals surface area (Å²) in [5.74, 6) is 2.59. The minimum atomic E-state index is -0.0942. The van der Waals surface area contributed by atoms with Crippen molar-refractivity contribution in [1.82, 2.24) is 15.2 Å². The van der Waals surface area contributed by atoms with Crippen LogP contribution in [0.4, 0.5) is 0 Å². The Morgan fingerprint density at radius 1 is 1.11 bits per heavy atom. The molecule has 1 aromatic heterocycles. The molecule has 0 aliphatic carbocycles. The first kappa shape index (κ1) is 19.8. The summed E-state index contributed by atoms with van der Waals surface area (Å²) in [5, 5.41) is 7.45. The van der Waals surface area contributed by atoms with Gasteiger partial charge >= 0.3 is 0 Å². The van der Waals surface area contributed by atoms with Crippen LogP contribution >= 0.6 is 11.8 Å². The summed E-state index contributed by atoms with van der Waals surface area (Å²) in [6.45, 7) is 2.26. The van der Waals surface area contributed by atoms with Crippen LogP contribution in [0.15, 0.2) is 47.6 Å². The number of carbonyl (C=O) groups is 1. The zero-order valence-corrected chi connectivity index (χ0v) is 16.7. The number of carbonyl (C=O) groups excluding carboxylic acids is 1. The molecular formula is C20H21N3O4S. The predicted octanol–water partition coefficient (Wildman–Crippen LogP) is 3.68. The third-order valence-electron chi connectivity index (χ3n) is 4.01. The number of para-hydroxylation sites is 1. The Morgan fingerprint density at radius 3 is 2.68 bits per heavy atom. The van der Waals surface area contributed by atoms with E-state index in [2.05, 4.69) is 15.2 Å². The summed E-state index contributed by atoms with van der Waals surface area (Å²) in [4.78, 5) is 16.9. The summed E-state index contributed by atoms with van der Waals surface area (Å²) in [5.41, 5.74) is 1.52. The normalized spacial score (nSPS) is 10.5. The zero-order chi connectivity index (χ0) is 19.9. The fourth-order valence-corrected chi connectivity index (χ4v) is 3.21. The molecule has 8 heteroatoms. The third kappa shape index (κ3) is 4.83. The van der Waals surface area contributed by atoms with E-state index in [1.807, 2.05) is 31.2 Å². The number of benzene rings is 2. The van der Waals surface area contributed by atoms with Gasteiger partial charge < -0.3 is 14.2 Å². The maximum absolute atomic E-state index is 12.6. The smallest absolute Gasteiger partial charge is 0.208 e. The first-order valence-corrected chi connectivity index (χ1v) is 9.57. The molecule has 28 heavy (non-hydrogen) atoms. The van der Waals surface area contributed by atoms with Crippen molar-refractivity contribution in [2.24, 2.45) is 0 Å². The van der Waals surface area contributed by atoms with E-state index in [0.717, 1.165) is 11.3 Å². The summed E-state index contributed by atoms with van der Waals surface area (Å²) >= 11 is 1.25. The van der Waals surface area contributed by atoms with Gasteiger partial charge in [-0.15, -0.1) is 5.10 Å². The van der Waals surface area contributed by atoms with Crippen LogP contribution in [0.5, 0.6) is 17.2 Å². The lowest BCUT2D eigenvalue weighted by atomic mass is 10.1. The number of nitrogens with zero attached hydrogens (tertiary/aromatic N) is 2. The number of thioether (sulfide) groups is 1. The SMILES string of the molecule is COc1ccc(OC)c(C(=O)CSc2n[nH]c(COc3ccccc3C)n2)c1. The molecule has 0 bridgehead atoms. The number of rotatable bonds is 9. The van der Waals surface area contributed by atoms with Gasteiger partial charge in [-0.2, -0.15) is 0 Å². The molecule has 0 atom stereocenters. The van der Waals surface area contributed by atoms with Crippen molar-refractivity contribution >= 4 is 17.5 Å². The predicted molar refractivity (Wildman–Crippen MR) is 106 cm³/mol. The molecule has 0 fully saturated rings. The number of ether oxygens (including phenoxy) is 3. The van der Waals surface area contributed by atoms with E-state index >= 15 is 0 Å². The lowest BCUT2D eigenvalue weighted by molar-refractivity contribution is 0.101. The van der Waals surface area contributed by atoms with Crippen molar-refractivity contribution in [3.05, 3.63) is 59.4 Å². The second-order valence-corrected chi connectivity index (χ2v) is 6.84. The molecule has 0 aliphatic heterocycles. The van der Waals surface area contributed by atoms with Crippen LogP contribution in [-0.4, -0.2) is 40.9 Å². The van der Waals surface area contributed by atoms with E-state index in [9.17, 15) is 4.79 Å². The van der Waals surface area contributed by atoms with Crippen molar-refractivity contribution in [2.45, 2.75) is 18.7 Å². The Labute approximate surface area is 167 Å². The average Bonchev–Trinajstić information content (AvgIpc) is 3.18. The third-order valence-corrected chi connectivity index (χ3v) is 4.86. The van der Waals surface area contributed by atoms with Crippen LogP contribution in [0.1, 0.15) is 21.7 Å². The minimum Gasteiger partial charge on any atom is -0.497 e. The van der Waals surface area contributed by atoms with Crippen molar-refractivity contribution < 1.29 is 19.0 Å². The van der Waals surface area contributed by atoms with E-state index in [-0.39, 0.29) is 18.1 Å². The molecule has 0 amide bonds. The van der Waals surface area contributed by atoms with Gasteiger partial charge in [0.2, 0.25) is 5.16 Å². The Balaban J connectivity index is 1.58. The molecule has 0 unspecified atom stereocenters. The van der Waals surface area contributed by atoms with Gasteiger partial charge in [0.05, 0.1) is 25.5 Å². The molecular weight excluding hydrogens is 378 g/mol. The van der Waals surface area contributed by atoms with Gasteiger partial charge in [0.15, 0.2) is 11.6 Å². The van der Waals surface area contributed by atoms with Gasteiger partial charge in [0.1, 0.15) is 23.9 Å². The number of H-pyrrole nitrogens is 1. The largest absolute Gasteiger partial charge is 0.497 e. The van der Waals surface area contributed by atoms with Crippen LogP contribution in [0, 0.1) is 6.92 Å². The fourth-order valence-electron chi connectivity index (χ4n) is 2.51. The van der Waals surface area contributed by atoms with Crippen molar-refractivity contribution in [3.63, 3.8) is 0 Å². The van der Waals surface area contributed by atoms with Gasteiger partial charge in [-0.05, 0) is 36.8 Å².